The normalized spacial score (nSPS) is 14.6. The molecule has 10 heteroatoms. The maximum Gasteiger partial charge on any atom is 0.309 e. The van der Waals surface area contributed by atoms with E-state index < -0.39 is 0 Å². The first kappa shape index (κ1) is 20.6. The zero-order valence-electron chi connectivity index (χ0n) is 17.1. The van der Waals surface area contributed by atoms with Gasteiger partial charge in [-0.15, -0.1) is 0 Å². The smallest absolute Gasteiger partial charge is 0.309 e. The van der Waals surface area contributed by atoms with Gasteiger partial charge >= 0.3 is 5.97 Å². The average Bonchev–Trinajstić information content (AvgIpc) is 3.00. The molecule has 1 saturated heterocycles. The van der Waals surface area contributed by atoms with E-state index >= 15 is 0 Å². The quantitative estimate of drug-likeness (QED) is 0.731. The fraction of sp³-hybridized carbons (Fsp3) is 0.526. The fourth-order valence-corrected chi connectivity index (χ4v) is 3.33. The van der Waals surface area contributed by atoms with Crippen molar-refractivity contribution in [2.45, 2.75) is 33.6 Å². The molecule has 3 heterocycles. The molecule has 0 radical (unpaired) electrons. The van der Waals surface area contributed by atoms with Crippen LogP contribution in [0.5, 0.6) is 11.8 Å². The van der Waals surface area contributed by atoms with Crippen LogP contribution in [0, 0.1) is 12.8 Å². The van der Waals surface area contributed by atoms with Gasteiger partial charge in [-0.05, 0) is 26.7 Å². The number of hydrogen-bond acceptors (Lipinski definition) is 8. The zero-order valence-corrected chi connectivity index (χ0v) is 17.1. The third-order valence-corrected chi connectivity index (χ3v) is 4.67. The number of anilines is 2. The van der Waals surface area contributed by atoms with E-state index in [1.165, 1.54) is 13.3 Å². The molecule has 2 aromatic heterocycles. The third kappa shape index (κ3) is 4.82. The number of hydrogen-bond donors (Lipinski definition) is 1. The molecule has 3 rings (SSSR count). The van der Waals surface area contributed by atoms with Crippen LogP contribution in [-0.2, 0) is 21.4 Å². The Morgan fingerprint density at radius 2 is 2.00 bits per heavy atom. The lowest BCUT2D eigenvalue weighted by Gasteiger charge is -2.32. The molecule has 1 N–H and O–H groups in total. The van der Waals surface area contributed by atoms with Crippen LogP contribution >= 0.6 is 0 Å². The van der Waals surface area contributed by atoms with E-state index in [1.54, 1.807) is 24.7 Å². The first-order chi connectivity index (χ1) is 13.9. The Morgan fingerprint density at radius 3 is 2.59 bits per heavy atom. The van der Waals surface area contributed by atoms with Crippen molar-refractivity contribution in [2.24, 2.45) is 13.0 Å². The van der Waals surface area contributed by atoms with Crippen LogP contribution in [0.1, 0.15) is 32.4 Å². The van der Waals surface area contributed by atoms with Gasteiger partial charge in [0.2, 0.25) is 17.7 Å². The van der Waals surface area contributed by atoms with Crippen molar-refractivity contribution in [2.75, 3.05) is 29.9 Å². The minimum Gasteiger partial charge on any atom is -0.466 e. The minimum absolute atomic E-state index is 0.120. The fourth-order valence-electron chi connectivity index (χ4n) is 3.33. The van der Waals surface area contributed by atoms with Gasteiger partial charge in [-0.1, -0.05) is 0 Å². The number of nitrogens with zero attached hydrogens (tertiary/aromatic N) is 5. The molecule has 29 heavy (non-hydrogen) atoms. The summed E-state index contributed by atoms with van der Waals surface area (Å²) >= 11 is 0. The highest BCUT2D eigenvalue weighted by Crippen LogP contribution is 2.36. The van der Waals surface area contributed by atoms with Crippen LogP contribution < -0.4 is 15.0 Å². The summed E-state index contributed by atoms with van der Waals surface area (Å²) in [7, 11) is 1.77. The number of nitrogens with one attached hydrogen (secondary N) is 1. The van der Waals surface area contributed by atoms with Crippen molar-refractivity contribution in [1.82, 2.24) is 19.7 Å². The second kappa shape index (κ2) is 8.89. The zero-order chi connectivity index (χ0) is 21.0. The Balaban J connectivity index is 1.84. The molecule has 1 aliphatic heterocycles. The highest BCUT2D eigenvalue weighted by atomic mass is 16.5. The molecule has 10 nitrogen and oxygen atoms in total. The number of aromatic nitrogens is 4. The van der Waals surface area contributed by atoms with Crippen LogP contribution in [0.15, 0.2) is 12.4 Å². The maximum atomic E-state index is 12.0. The van der Waals surface area contributed by atoms with Crippen LogP contribution in [0.25, 0.3) is 0 Å². The third-order valence-electron chi connectivity index (χ3n) is 4.67. The van der Waals surface area contributed by atoms with Crippen LogP contribution in [0.2, 0.25) is 0 Å². The summed E-state index contributed by atoms with van der Waals surface area (Å²) in [6.07, 6.45) is 2.70. The summed E-state index contributed by atoms with van der Waals surface area (Å²) in [5.74, 6) is 0.762. The van der Waals surface area contributed by atoms with Gasteiger partial charge in [0.1, 0.15) is 12.0 Å². The first-order valence-electron chi connectivity index (χ1n) is 9.61. The van der Waals surface area contributed by atoms with Gasteiger partial charge in [-0.2, -0.15) is 10.1 Å². The molecule has 156 valence electrons. The van der Waals surface area contributed by atoms with Gasteiger partial charge in [0.15, 0.2) is 5.82 Å². The predicted octanol–water partition coefficient (Wildman–Crippen LogP) is 2.05. The number of piperidine rings is 1. The number of amides is 1. The number of aryl methyl sites for hydroxylation is 2. The van der Waals surface area contributed by atoms with Crippen molar-refractivity contribution < 1.29 is 19.1 Å². The molecule has 0 aliphatic carbocycles. The lowest BCUT2D eigenvalue weighted by Crippen LogP contribution is -2.38. The number of carbonyl (C=O) groups is 2. The SMILES string of the molecule is CCOC(=O)C1CCN(c2ncnc(Oc3cc(C)nn3C)c2NC(C)=O)CC1. The molecule has 0 aromatic carbocycles. The largest absolute Gasteiger partial charge is 0.466 e. The second-order valence-corrected chi connectivity index (χ2v) is 6.92. The van der Waals surface area contributed by atoms with Crippen LogP contribution in [-0.4, -0.2) is 51.3 Å². The molecule has 1 fully saturated rings. The molecule has 1 amide bonds. The summed E-state index contributed by atoms with van der Waals surface area (Å²) in [5.41, 5.74) is 1.20. The van der Waals surface area contributed by atoms with E-state index in [-0.39, 0.29) is 23.7 Å². The van der Waals surface area contributed by atoms with E-state index in [4.69, 9.17) is 9.47 Å². The van der Waals surface area contributed by atoms with Crippen LogP contribution in [0.3, 0.4) is 0 Å². The summed E-state index contributed by atoms with van der Waals surface area (Å²) in [6, 6.07) is 1.78. The van der Waals surface area contributed by atoms with Gasteiger partial charge in [-0.3, -0.25) is 9.59 Å². The van der Waals surface area contributed by atoms with Crippen LogP contribution in [0.4, 0.5) is 11.5 Å². The molecule has 0 saturated carbocycles. The van der Waals surface area contributed by atoms with Crippen molar-refractivity contribution in [3.8, 4) is 11.8 Å². The van der Waals surface area contributed by atoms with Crippen molar-refractivity contribution in [3.05, 3.63) is 18.1 Å². The van der Waals surface area contributed by atoms with Gasteiger partial charge < -0.3 is 19.7 Å². The van der Waals surface area contributed by atoms with Gasteiger partial charge in [0, 0.05) is 33.1 Å². The Morgan fingerprint density at radius 1 is 1.28 bits per heavy atom. The summed E-state index contributed by atoms with van der Waals surface area (Å²) in [4.78, 5) is 34.4. The van der Waals surface area contributed by atoms with E-state index in [0.717, 1.165) is 5.69 Å². The van der Waals surface area contributed by atoms with Gasteiger partial charge in [-0.25, -0.2) is 9.67 Å². The number of esters is 1. The average molecular weight is 402 g/mol. The van der Waals surface area contributed by atoms with Gasteiger partial charge in [0.05, 0.1) is 18.2 Å². The molecule has 0 spiro atoms. The Kier molecular flexibility index (Phi) is 6.30. The Bertz CT molecular complexity index is 889. The molecule has 0 atom stereocenters. The Hall–Kier alpha value is -3.17. The molecule has 0 unspecified atom stereocenters. The van der Waals surface area contributed by atoms with Crippen molar-refractivity contribution in [1.29, 1.82) is 0 Å². The number of ether oxygens (including phenoxy) is 2. The molecular formula is C19H26N6O4. The standard InChI is InChI=1S/C19H26N6O4/c1-5-28-19(27)14-6-8-25(9-7-14)17-16(22-13(3)26)18(21-11-20-17)29-15-10-12(2)23-24(15)4/h10-11,14H,5-9H2,1-4H3,(H,22,26). The second-order valence-electron chi connectivity index (χ2n) is 6.92. The first-order valence-corrected chi connectivity index (χ1v) is 9.61. The van der Waals surface area contributed by atoms with Gasteiger partial charge in [0.25, 0.3) is 0 Å². The number of rotatable bonds is 6. The summed E-state index contributed by atoms with van der Waals surface area (Å²) in [5, 5.41) is 7.04. The topological polar surface area (TPSA) is 111 Å². The monoisotopic (exact) mass is 402 g/mol. The number of carbonyl (C=O) groups excluding carboxylic acids is 2. The molecule has 2 aromatic rings. The lowest BCUT2D eigenvalue weighted by atomic mass is 9.97. The molecule has 0 bridgehead atoms. The highest BCUT2D eigenvalue weighted by Gasteiger charge is 2.29. The molecule has 1 aliphatic rings. The van der Waals surface area contributed by atoms with E-state index in [2.05, 4.69) is 20.4 Å². The van der Waals surface area contributed by atoms with E-state index in [0.29, 0.717) is 49.9 Å². The van der Waals surface area contributed by atoms with E-state index in [1.807, 2.05) is 11.8 Å². The minimum atomic E-state index is -0.256. The molecular weight excluding hydrogens is 376 g/mol. The van der Waals surface area contributed by atoms with Crippen molar-refractivity contribution in [3.63, 3.8) is 0 Å². The van der Waals surface area contributed by atoms with E-state index in [9.17, 15) is 9.59 Å². The highest BCUT2D eigenvalue weighted by molar-refractivity contribution is 5.93. The Labute approximate surface area is 169 Å². The summed E-state index contributed by atoms with van der Waals surface area (Å²) < 4.78 is 12.6. The summed E-state index contributed by atoms with van der Waals surface area (Å²) in [6.45, 7) is 6.68. The van der Waals surface area contributed by atoms with Crippen molar-refractivity contribution >= 4 is 23.4 Å². The lowest BCUT2D eigenvalue weighted by molar-refractivity contribution is -0.148. The maximum absolute atomic E-state index is 12.0. The predicted molar refractivity (Wildman–Crippen MR) is 106 cm³/mol.